The molecule has 0 aliphatic carbocycles. The Hall–Kier alpha value is -1.46. The first-order valence-electron chi connectivity index (χ1n) is 8.55. The summed E-state index contributed by atoms with van der Waals surface area (Å²) in [6, 6.07) is 8.00. The highest BCUT2D eigenvalue weighted by atomic mass is 127. The van der Waals surface area contributed by atoms with Crippen LogP contribution in [-0.4, -0.2) is 45.4 Å². The number of nitrogens with one attached hydrogen (secondary N) is 2. The molecule has 0 heterocycles. The minimum atomic E-state index is 0. The van der Waals surface area contributed by atoms with Crippen LogP contribution in [0.4, 0.5) is 0 Å². The Morgan fingerprint density at radius 1 is 1.20 bits per heavy atom. The highest BCUT2D eigenvalue weighted by molar-refractivity contribution is 14.0. The fraction of sp³-hybridized carbons (Fsp3) is 0.526. The molecule has 0 aliphatic rings. The summed E-state index contributed by atoms with van der Waals surface area (Å²) in [5, 5.41) is 6.60. The van der Waals surface area contributed by atoms with E-state index in [0.29, 0.717) is 6.61 Å². The zero-order chi connectivity index (χ0) is 17.5. The minimum absolute atomic E-state index is 0. The van der Waals surface area contributed by atoms with Gasteiger partial charge in [0.25, 0.3) is 0 Å². The summed E-state index contributed by atoms with van der Waals surface area (Å²) in [5.74, 6) is 4.11. The Morgan fingerprint density at radius 3 is 2.60 bits per heavy atom. The second-order valence-electron chi connectivity index (χ2n) is 5.12. The number of terminal acetylenes is 1. The van der Waals surface area contributed by atoms with Gasteiger partial charge in [0.1, 0.15) is 12.4 Å². The number of hydrogen-bond donors (Lipinski definition) is 2. The van der Waals surface area contributed by atoms with Gasteiger partial charge in [0, 0.05) is 32.8 Å². The van der Waals surface area contributed by atoms with Gasteiger partial charge < -0.3 is 20.1 Å². The monoisotopic (exact) mass is 459 g/mol. The van der Waals surface area contributed by atoms with Gasteiger partial charge in [0.2, 0.25) is 0 Å². The Kier molecular flexibility index (Phi) is 15.1. The second-order valence-corrected chi connectivity index (χ2v) is 5.12. The molecule has 0 radical (unpaired) electrons. The van der Waals surface area contributed by atoms with Gasteiger partial charge in [-0.05, 0) is 44.4 Å². The van der Waals surface area contributed by atoms with E-state index in [2.05, 4.69) is 40.6 Å². The van der Waals surface area contributed by atoms with E-state index in [1.165, 1.54) is 5.56 Å². The van der Waals surface area contributed by atoms with Crippen molar-refractivity contribution < 1.29 is 9.47 Å². The van der Waals surface area contributed by atoms with E-state index in [-0.39, 0.29) is 24.0 Å². The third-order valence-corrected chi connectivity index (χ3v) is 3.22. The first-order valence-corrected chi connectivity index (χ1v) is 8.55. The lowest BCUT2D eigenvalue weighted by Gasteiger charge is -2.11. The predicted molar refractivity (Wildman–Crippen MR) is 115 cm³/mol. The molecule has 0 saturated heterocycles. The number of benzene rings is 1. The third kappa shape index (κ3) is 11.7. The molecule has 0 bridgehead atoms. The topological polar surface area (TPSA) is 54.9 Å². The summed E-state index contributed by atoms with van der Waals surface area (Å²) < 4.78 is 10.7. The zero-order valence-electron chi connectivity index (χ0n) is 15.2. The van der Waals surface area contributed by atoms with Crippen LogP contribution < -0.4 is 15.4 Å². The first-order chi connectivity index (χ1) is 11.8. The van der Waals surface area contributed by atoms with Crippen molar-refractivity contribution in [1.82, 2.24) is 10.6 Å². The van der Waals surface area contributed by atoms with E-state index in [1.807, 2.05) is 19.1 Å². The van der Waals surface area contributed by atoms with Crippen LogP contribution in [0.1, 0.15) is 25.8 Å². The maximum atomic E-state index is 5.37. The van der Waals surface area contributed by atoms with Crippen molar-refractivity contribution in [3.63, 3.8) is 0 Å². The van der Waals surface area contributed by atoms with Crippen LogP contribution >= 0.6 is 24.0 Å². The molecular weight excluding hydrogens is 429 g/mol. The molecule has 0 atom stereocenters. The predicted octanol–water partition coefficient (Wildman–Crippen LogP) is 2.84. The van der Waals surface area contributed by atoms with Gasteiger partial charge in [-0.25, -0.2) is 0 Å². The van der Waals surface area contributed by atoms with Crippen LogP contribution in [-0.2, 0) is 11.2 Å². The van der Waals surface area contributed by atoms with Crippen LogP contribution in [0.25, 0.3) is 0 Å². The number of hydrogen-bond acceptors (Lipinski definition) is 3. The van der Waals surface area contributed by atoms with Crippen molar-refractivity contribution in [2.75, 3.05) is 39.5 Å². The van der Waals surface area contributed by atoms with E-state index in [9.17, 15) is 0 Å². The summed E-state index contributed by atoms with van der Waals surface area (Å²) in [5.41, 5.74) is 1.24. The maximum Gasteiger partial charge on any atom is 0.191 e. The quantitative estimate of drug-likeness (QED) is 0.176. The molecule has 0 aliphatic heterocycles. The molecule has 0 spiro atoms. The van der Waals surface area contributed by atoms with Crippen LogP contribution in [0.2, 0.25) is 0 Å². The molecule has 0 amide bonds. The van der Waals surface area contributed by atoms with E-state index in [1.54, 1.807) is 0 Å². The van der Waals surface area contributed by atoms with Gasteiger partial charge >= 0.3 is 0 Å². The molecule has 2 N–H and O–H groups in total. The average molecular weight is 459 g/mol. The van der Waals surface area contributed by atoms with Gasteiger partial charge in [-0.3, -0.25) is 4.99 Å². The summed E-state index contributed by atoms with van der Waals surface area (Å²) >= 11 is 0. The van der Waals surface area contributed by atoms with Gasteiger partial charge in [-0.1, -0.05) is 18.1 Å². The number of ether oxygens (including phenoxy) is 2. The normalized spacial score (nSPS) is 10.5. The smallest absolute Gasteiger partial charge is 0.191 e. The number of aliphatic imine (C=N–C) groups is 1. The number of guanidine groups is 1. The molecule has 6 heteroatoms. The Bertz CT molecular complexity index is 512. The van der Waals surface area contributed by atoms with Crippen LogP contribution in [0.5, 0.6) is 5.75 Å². The standard InChI is InChI=1S/C19H29N3O2.HI/c1-4-15-24-18-10-8-17(9-11-18)12-14-22-19(20-5-2)21-13-7-16-23-6-3;/h1,8-11H,5-7,12-16H2,2-3H3,(H2,20,21,22);1H. The third-order valence-electron chi connectivity index (χ3n) is 3.22. The molecule has 0 saturated carbocycles. The van der Waals surface area contributed by atoms with Gasteiger partial charge in [-0.15, -0.1) is 30.4 Å². The van der Waals surface area contributed by atoms with Gasteiger partial charge in [0.05, 0.1) is 0 Å². The van der Waals surface area contributed by atoms with E-state index >= 15 is 0 Å². The molecule has 0 aromatic heterocycles. The van der Waals surface area contributed by atoms with Crippen LogP contribution in [0.3, 0.4) is 0 Å². The van der Waals surface area contributed by atoms with Crippen LogP contribution in [0.15, 0.2) is 29.3 Å². The van der Waals surface area contributed by atoms with E-state index < -0.39 is 0 Å². The fourth-order valence-corrected chi connectivity index (χ4v) is 2.05. The average Bonchev–Trinajstić information content (AvgIpc) is 2.61. The highest BCUT2D eigenvalue weighted by Gasteiger charge is 1.99. The number of halogens is 1. The molecule has 0 fully saturated rings. The summed E-state index contributed by atoms with van der Waals surface area (Å²) in [4.78, 5) is 4.54. The number of nitrogens with zero attached hydrogens (tertiary/aromatic N) is 1. The summed E-state index contributed by atoms with van der Waals surface area (Å²) in [7, 11) is 0. The van der Waals surface area contributed by atoms with Crippen molar-refractivity contribution in [2.24, 2.45) is 4.99 Å². The largest absolute Gasteiger partial charge is 0.481 e. The molecule has 0 unspecified atom stereocenters. The highest BCUT2D eigenvalue weighted by Crippen LogP contribution is 2.12. The minimum Gasteiger partial charge on any atom is -0.481 e. The molecule has 140 valence electrons. The lowest BCUT2D eigenvalue weighted by molar-refractivity contribution is 0.146. The van der Waals surface area contributed by atoms with Gasteiger partial charge in [0.15, 0.2) is 5.96 Å². The zero-order valence-corrected chi connectivity index (χ0v) is 17.5. The molecular formula is C19H30IN3O2. The molecule has 1 aromatic carbocycles. The summed E-state index contributed by atoms with van der Waals surface area (Å²) in [6.07, 6.45) is 7.03. The Labute approximate surface area is 169 Å². The van der Waals surface area contributed by atoms with E-state index in [4.69, 9.17) is 15.9 Å². The second kappa shape index (κ2) is 16.0. The Morgan fingerprint density at radius 2 is 1.96 bits per heavy atom. The SMILES string of the molecule is C#CCOc1ccc(CCNC(=NCCCOCC)NCC)cc1.I. The van der Waals surface area contributed by atoms with Crippen molar-refractivity contribution in [2.45, 2.75) is 26.7 Å². The summed E-state index contributed by atoms with van der Waals surface area (Å²) in [6.45, 7) is 8.31. The Balaban J connectivity index is 0.00000576. The lowest BCUT2D eigenvalue weighted by Crippen LogP contribution is -2.38. The van der Waals surface area contributed by atoms with Gasteiger partial charge in [-0.2, -0.15) is 0 Å². The van der Waals surface area contributed by atoms with Crippen LogP contribution in [0, 0.1) is 12.3 Å². The maximum absolute atomic E-state index is 5.37. The molecule has 1 rings (SSSR count). The number of rotatable bonds is 11. The van der Waals surface area contributed by atoms with E-state index in [0.717, 1.165) is 57.4 Å². The molecule has 25 heavy (non-hydrogen) atoms. The first kappa shape index (κ1) is 23.5. The van der Waals surface area contributed by atoms with Crippen molar-refractivity contribution >= 4 is 29.9 Å². The van der Waals surface area contributed by atoms with Crippen molar-refractivity contribution in [3.8, 4) is 18.1 Å². The lowest BCUT2D eigenvalue weighted by atomic mass is 10.1. The molecule has 1 aromatic rings. The molecule has 5 nitrogen and oxygen atoms in total. The fourth-order valence-electron chi connectivity index (χ4n) is 2.05. The van der Waals surface area contributed by atoms with Crippen molar-refractivity contribution in [1.29, 1.82) is 0 Å². The van der Waals surface area contributed by atoms with Crippen molar-refractivity contribution in [3.05, 3.63) is 29.8 Å².